The molecule has 0 aromatic carbocycles. The van der Waals surface area contributed by atoms with Crippen LogP contribution in [0.4, 0.5) is 0 Å². The molecule has 0 aromatic rings. The molecule has 0 fully saturated rings. The van der Waals surface area contributed by atoms with E-state index in [4.69, 9.17) is 5.11 Å². The van der Waals surface area contributed by atoms with Gasteiger partial charge < -0.3 is 5.11 Å². The Morgan fingerprint density at radius 2 is 0.909 bits per heavy atom. The van der Waals surface area contributed by atoms with Crippen LogP contribution >= 0.6 is 0 Å². The number of hydrogen-bond acceptors (Lipinski definition) is 1. The third-order valence-corrected chi connectivity index (χ3v) is 3.99. The smallest absolute Gasteiger partial charge is 0.303 e. The van der Waals surface area contributed by atoms with Crippen molar-refractivity contribution in [2.24, 2.45) is 0 Å². The van der Waals surface area contributed by atoms with Crippen LogP contribution in [-0.4, -0.2) is 28.4 Å². The Kier molecular flexibility index (Phi) is 29.6. The second-order valence-electron chi connectivity index (χ2n) is 6.09. The molecule has 0 aliphatic rings. The van der Waals surface area contributed by atoms with Crippen molar-refractivity contribution in [1.29, 1.82) is 0 Å². The van der Waals surface area contributed by atoms with Crippen LogP contribution in [0.2, 0.25) is 0 Å². The van der Waals surface area contributed by atoms with E-state index in [2.05, 4.69) is 6.92 Å². The Bertz CT molecular complexity index is 213. The van der Waals surface area contributed by atoms with Gasteiger partial charge in [-0.25, -0.2) is 0 Å². The largest absolute Gasteiger partial charge is 0.481 e. The fraction of sp³-hybridized carbons (Fsp3) is 0.944. The minimum absolute atomic E-state index is 0. The number of rotatable bonds is 16. The summed E-state index contributed by atoms with van der Waals surface area (Å²) in [7, 11) is 0. The molecule has 4 heteroatoms. The van der Waals surface area contributed by atoms with Gasteiger partial charge >= 0.3 is 5.97 Å². The first kappa shape index (κ1) is 27.4. The summed E-state index contributed by atoms with van der Waals surface area (Å²) in [5, 5.41) is 8.52. The molecule has 0 aliphatic carbocycles. The molecule has 0 saturated heterocycles. The Morgan fingerprint density at radius 1 is 0.636 bits per heavy atom. The van der Waals surface area contributed by atoms with Gasteiger partial charge in [0.25, 0.3) is 0 Å². The Morgan fingerprint density at radius 3 is 1.18 bits per heavy atom. The average molecular weight is 370 g/mol. The molecule has 0 rings (SSSR count). The van der Waals surface area contributed by atoms with Gasteiger partial charge in [-0.3, -0.25) is 4.79 Å². The third-order valence-electron chi connectivity index (χ3n) is 3.99. The first-order chi connectivity index (χ1) is 9.77. The normalized spacial score (nSPS) is 9.86. The zero-order valence-electron chi connectivity index (χ0n) is 14.0. The van der Waals surface area contributed by atoms with Crippen molar-refractivity contribution in [2.45, 2.75) is 110 Å². The van der Waals surface area contributed by atoms with Gasteiger partial charge in [-0.1, -0.05) is 96.8 Å². The molecule has 134 valence electrons. The molecular formula is C18H39AlFeO2. The van der Waals surface area contributed by atoms with E-state index >= 15 is 0 Å². The second-order valence-corrected chi connectivity index (χ2v) is 6.09. The number of aliphatic carboxylic acids is 1. The fourth-order valence-corrected chi connectivity index (χ4v) is 2.65. The van der Waals surface area contributed by atoms with E-state index in [1.165, 1.54) is 83.5 Å². The Balaban J connectivity index is -0.00000180. The van der Waals surface area contributed by atoms with Crippen LogP contribution in [0.25, 0.3) is 0 Å². The van der Waals surface area contributed by atoms with Crippen LogP contribution in [-0.2, 0) is 21.9 Å². The van der Waals surface area contributed by atoms with Crippen molar-refractivity contribution in [3.05, 3.63) is 0 Å². The van der Waals surface area contributed by atoms with Crippen molar-refractivity contribution in [2.75, 3.05) is 0 Å². The molecule has 1 N–H and O–H groups in total. The molecule has 0 radical (unpaired) electrons. The molecular weight excluding hydrogens is 331 g/mol. The maximum atomic E-state index is 10.3. The zero-order valence-corrected chi connectivity index (χ0v) is 15.1. The summed E-state index contributed by atoms with van der Waals surface area (Å²) in [5.41, 5.74) is 0. The number of unbranched alkanes of at least 4 members (excludes halogenated alkanes) is 14. The molecule has 2 nitrogen and oxygen atoms in total. The summed E-state index contributed by atoms with van der Waals surface area (Å²) >= 11 is 0. The van der Waals surface area contributed by atoms with Gasteiger partial charge in [0.05, 0.1) is 0 Å². The predicted molar refractivity (Wildman–Crippen MR) is 97.1 cm³/mol. The van der Waals surface area contributed by atoms with E-state index in [1.807, 2.05) is 0 Å². The number of carbonyl (C=O) groups is 1. The standard InChI is InChI=1S/C18H36O2.Al.Fe.3H/c1-2-3-4-5-6-7-8-9-10-11-12-13-14-15-16-17-18(19)20;;;;;/h2-17H2,1H3,(H,19,20);;;;;. The van der Waals surface area contributed by atoms with Gasteiger partial charge in [-0.05, 0) is 6.42 Å². The van der Waals surface area contributed by atoms with Crippen molar-refractivity contribution in [1.82, 2.24) is 0 Å². The van der Waals surface area contributed by atoms with E-state index < -0.39 is 5.97 Å². The average Bonchev–Trinajstić information content (AvgIpc) is 2.43. The number of carboxylic acids is 1. The van der Waals surface area contributed by atoms with E-state index in [1.54, 1.807) is 0 Å². The van der Waals surface area contributed by atoms with Gasteiger partial charge in [-0.2, -0.15) is 0 Å². The fourth-order valence-electron chi connectivity index (χ4n) is 2.65. The maximum Gasteiger partial charge on any atom is 0.303 e. The summed E-state index contributed by atoms with van der Waals surface area (Å²) in [6.07, 6.45) is 20.2. The molecule has 0 atom stereocenters. The minimum Gasteiger partial charge on any atom is -0.481 e. The molecule has 0 bridgehead atoms. The summed E-state index contributed by atoms with van der Waals surface area (Å²) in [6, 6.07) is 0. The SMILES string of the molecule is CCCCCCCCCCCCCCCCCC(=O)O.[AlH3].[Fe]. The molecule has 0 unspecified atom stereocenters. The molecule has 0 aromatic heterocycles. The summed E-state index contributed by atoms with van der Waals surface area (Å²) in [4.78, 5) is 10.3. The second kappa shape index (κ2) is 23.8. The monoisotopic (exact) mass is 370 g/mol. The van der Waals surface area contributed by atoms with Gasteiger partial charge in [0.2, 0.25) is 0 Å². The van der Waals surface area contributed by atoms with Crippen molar-refractivity contribution < 1.29 is 27.0 Å². The third kappa shape index (κ3) is 25.5. The summed E-state index contributed by atoms with van der Waals surface area (Å²) < 4.78 is 0. The molecule has 0 spiro atoms. The van der Waals surface area contributed by atoms with Gasteiger partial charge in [-0.15, -0.1) is 0 Å². The van der Waals surface area contributed by atoms with E-state index in [0.29, 0.717) is 6.42 Å². The topological polar surface area (TPSA) is 37.3 Å². The Labute approximate surface area is 159 Å². The predicted octanol–water partition coefficient (Wildman–Crippen LogP) is 5.15. The summed E-state index contributed by atoms with van der Waals surface area (Å²) in [5.74, 6) is -0.653. The number of carboxylic acid groups (broad SMARTS) is 1. The van der Waals surface area contributed by atoms with Crippen molar-refractivity contribution in [3.63, 3.8) is 0 Å². The van der Waals surface area contributed by atoms with E-state index in [0.717, 1.165) is 12.8 Å². The molecule has 0 amide bonds. The molecule has 0 aliphatic heterocycles. The van der Waals surface area contributed by atoms with Crippen LogP contribution < -0.4 is 0 Å². The van der Waals surface area contributed by atoms with Gasteiger partial charge in [0, 0.05) is 23.5 Å². The van der Waals surface area contributed by atoms with E-state index in [9.17, 15) is 4.79 Å². The van der Waals surface area contributed by atoms with Crippen LogP contribution in [0.1, 0.15) is 110 Å². The van der Waals surface area contributed by atoms with Gasteiger partial charge in [0.1, 0.15) is 0 Å². The molecule has 22 heavy (non-hydrogen) atoms. The maximum absolute atomic E-state index is 10.3. The van der Waals surface area contributed by atoms with Crippen LogP contribution in [0.3, 0.4) is 0 Å². The van der Waals surface area contributed by atoms with Crippen molar-refractivity contribution >= 4 is 23.3 Å². The van der Waals surface area contributed by atoms with Crippen LogP contribution in [0.15, 0.2) is 0 Å². The van der Waals surface area contributed by atoms with Crippen molar-refractivity contribution in [3.8, 4) is 0 Å². The minimum atomic E-state index is -0.653. The quantitative estimate of drug-likeness (QED) is 0.302. The first-order valence-corrected chi connectivity index (χ1v) is 8.99. The van der Waals surface area contributed by atoms with Gasteiger partial charge in [0.15, 0.2) is 17.4 Å². The molecule has 0 heterocycles. The van der Waals surface area contributed by atoms with Crippen LogP contribution in [0, 0.1) is 0 Å². The first-order valence-electron chi connectivity index (χ1n) is 8.99. The number of hydrogen-bond donors (Lipinski definition) is 1. The molecule has 0 saturated carbocycles. The van der Waals surface area contributed by atoms with E-state index in [-0.39, 0.29) is 34.4 Å². The zero-order chi connectivity index (χ0) is 14.9. The Hall–Kier alpha value is 0.522. The summed E-state index contributed by atoms with van der Waals surface area (Å²) in [6.45, 7) is 2.27. The van der Waals surface area contributed by atoms with Crippen LogP contribution in [0.5, 0.6) is 0 Å².